The Morgan fingerprint density at radius 1 is 0.968 bits per heavy atom. The van der Waals surface area contributed by atoms with E-state index in [1.165, 1.54) is 43.3 Å². The molecule has 10 heteroatoms. The minimum atomic E-state index is -0.958. The molecule has 0 bridgehead atoms. The first kappa shape index (κ1) is 23.3. The fraction of sp³-hybridized carbons (Fsp3) is 0.286. The summed E-state index contributed by atoms with van der Waals surface area (Å²) in [4.78, 5) is 46.2. The maximum atomic E-state index is 12.2. The van der Waals surface area contributed by atoms with Gasteiger partial charge in [-0.25, -0.2) is 0 Å². The van der Waals surface area contributed by atoms with Gasteiger partial charge in [0.25, 0.3) is 17.5 Å². The van der Waals surface area contributed by atoms with E-state index >= 15 is 0 Å². The molecule has 0 heterocycles. The number of nitrogens with one attached hydrogen (secondary N) is 3. The molecule has 164 valence electrons. The molecule has 0 saturated carbocycles. The van der Waals surface area contributed by atoms with Crippen LogP contribution in [-0.4, -0.2) is 28.7 Å². The predicted octanol–water partition coefficient (Wildman–Crippen LogP) is 2.81. The average molecular weight is 428 g/mol. The van der Waals surface area contributed by atoms with Crippen molar-refractivity contribution in [2.45, 2.75) is 33.3 Å². The molecule has 0 saturated heterocycles. The van der Waals surface area contributed by atoms with Gasteiger partial charge in [0.1, 0.15) is 5.75 Å². The lowest BCUT2D eigenvalue weighted by Gasteiger charge is -2.15. The van der Waals surface area contributed by atoms with Crippen molar-refractivity contribution in [2.24, 2.45) is 5.92 Å². The Morgan fingerprint density at radius 2 is 1.58 bits per heavy atom. The van der Waals surface area contributed by atoms with Crippen molar-refractivity contribution in [3.8, 4) is 5.75 Å². The highest BCUT2D eigenvalue weighted by Crippen LogP contribution is 2.18. The number of ether oxygens (including phenoxy) is 1. The van der Waals surface area contributed by atoms with E-state index < -0.39 is 22.8 Å². The molecule has 0 spiro atoms. The van der Waals surface area contributed by atoms with Gasteiger partial charge < -0.3 is 10.1 Å². The van der Waals surface area contributed by atoms with Crippen molar-refractivity contribution in [2.75, 3.05) is 5.32 Å². The Balaban J connectivity index is 1.83. The van der Waals surface area contributed by atoms with Crippen LogP contribution in [-0.2, 0) is 9.59 Å². The summed E-state index contributed by atoms with van der Waals surface area (Å²) in [7, 11) is 0. The molecule has 2 aromatic rings. The van der Waals surface area contributed by atoms with Crippen LogP contribution in [0.25, 0.3) is 0 Å². The molecule has 1 atom stereocenters. The van der Waals surface area contributed by atoms with E-state index in [2.05, 4.69) is 16.2 Å². The molecule has 0 aliphatic heterocycles. The summed E-state index contributed by atoms with van der Waals surface area (Å²) >= 11 is 0. The van der Waals surface area contributed by atoms with E-state index in [0.29, 0.717) is 12.1 Å². The number of carbonyl (C=O) groups is 3. The van der Waals surface area contributed by atoms with E-state index in [-0.39, 0.29) is 28.8 Å². The standard InChI is InChI=1S/C21H24N4O6/c1-13(2)12-19(26)22-16-6-4-15(5-7-16)21(28)24-23-20(27)14(3)31-18-10-8-17(9-11-18)25(29)30/h4-11,13-14H,12H2,1-3H3,(H,22,26)(H,23,27)(H,24,28). The lowest BCUT2D eigenvalue weighted by Crippen LogP contribution is -2.47. The van der Waals surface area contributed by atoms with Crippen LogP contribution < -0.4 is 20.9 Å². The summed E-state index contributed by atoms with van der Waals surface area (Å²) in [5.74, 6) is -0.753. The molecule has 3 N–H and O–H groups in total. The number of hydrogen-bond donors (Lipinski definition) is 3. The Morgan fingerprint density at radius 3 is 2.13 bits per heavy atom. The molecular weight excluding hydrogens is 404 g/mol. The van der Waals surface area contributed by atoms with Gasteiger partial charge in [-0.05, 0) is 49.2 Å². The number of hydrazine groups is 1. The van der Waals surface area contributed by atoms with Gasteiger partial charge in [0.05, 0.1) is 4.92 Å². The van der Waals surface area contributed by atoms with E-state index in [9.17, 15) is 24.5 Å². The van der Waals surface area contributed by atoms with Gasteiger partial charge >= 0.3 is 0 Å². The predicted molar refractivity (Wildman–Crippen MR) is 113 cm³/mol. The minimum Gasteiger partial charge on any atom is -0.481 e. The summed E-state index contributed by atoms with van der Waals surface area (Å²) in [5.41, 5.74) is 5.29. The van der Waals surface area contributed by atoms with E-state index in [1.54, 1.807) is 12.1 Å². The van der Waals surface area contributed by atoms with Crippen molar-refractivity contribution in [3.63, 3.8) is 0 Å². The molecule has 2 rings (SSSR count). The fourth-order valence-corrected chi connectivity index (χ4v) is 2.48. The normalized spacial score (nSPS) is 11.4. The number of amides is 3. The molecule has 0 aliphatic rings. The Bertz CT molecular complexity index is 941. The van der Waals surface area contributed by atoms with Crippen LogP contribution in [0, 0.1) is 16.0 Å². The second-order valence-corrected chi connectivity index (χ2v) is 7.18. The molecule has 2 aromatic carbocycles. The Hall–Kier alpha value is -3.95. The zero-order chi connectivity index (χ0) is 23.0. The summed E-state index contributed by atoms with van der Waals surface area (Å²) in [5, 5.41) is 13.4. The lowest BCUT2D eigenvalue weighted by atomic mass is 10.1. The number of nitro benzene ring substituents is 1. The molecule has 1 unspecified atom stereocenters. The molecule has 10 nitrogen and oxygen atoms in total. The van der Waals surface area contributed by atoms with Crippen LogP contribution in [0.5, 0.6) is 5.75 Å². The van der Waals surface area contributed by atoms with E-state index in [0.717, 1.165) is 0 Å². The van der Waals surface area contributed by atoms with E-state index in [4.69, 9.17) is 4.74 Å². The third kappa shape index (κ3) is 7.42. The van der Waals surface area contributed by atoms with Crippen LogP contribution in [0.2, 0.25) is 0 Å². The number of hydrogen-bond acceptors (Lipinski definition) is 6. The molecule has 0 aromatic heterocycles. The SMILES string of the molecule is CC(C)CC(=O)Nc1ccc(C(=O)NNC(=O)C(C)Oc2ccc([N+](=O)[O-])cc2)cc1. The highest BCUT2D eigenvalue weighted by Gasteiger charge is 2.17. The summed E-state index contributed by atoms with van der Waals surface area (Å²) in [6, 6.07) is 11.5. The van der Waals surface area contributed by atoms with Crippen LogP contribution in [0.15, 0.2) is 48.5 Å². The maximum absolute atomic E-state index is 12.2. The number of non-ortho nitro benzene ring substituents is 1. The Labute approximate surface area is 179 Å². The van der Waals surface area contributed by atoms with Crippen molar-refractivity contribution in [1.29, 1.82) is 0 Å². The summed E-state index contributed by atoms with van der Waals surface area (Å²) < 4.78 is 5.40. The molecule has 0 aliphatic carbocycles. The van der Waals surface area contributed by atoms with Crippen molar-refractivity contribution in [3.05, 3.63) is 64.2 Å². The molecule has 31 heavy (non-hydrogen) atoms. The quantitative estimate of drug-likeness (QED) is 0.436. The lowest BCUT2D eigenvalue weighted by molar-refractivity contribution is -0.384. The number of benzene rings is 2. The fourth-order valence-electron chi connectivity index (χ4n) is 2.48. The van der Waals surface area contributed by atoms with Gasteiger partial charge in [0.2, 0.25) is 5.91 Å². The topological polar surface area (TPSA) is 140 Å². The molecule has 3 amide bonds. The highest BCUT2D eigenvalue weighted by atomic mass is 16.6. The number of rotatable bonds is 8. The third-order valence-electron chi connectivity index (χ3n) is 4.05. The van der Waals surface area contributed by atoms with Gasteiger partial charge in [0, 0.05) is 29.8 Å². The number of anilines is 1. The van der Waals surface area contributed by atoms with Gasteiger partial charge in [-0.2, -0.15) is 0 Å². The van der Waals surface area contributed by atoms with Gasteiger partial charge in [-0.15, -0.1) is 0 Å². The first-order valence-corrected chi connectivity index (χ1v) is 9.57. The van der Waals surface area contributed by atoms with Gasteiger partial charge in [0.15, 0.2) is 6.10 Å². The number of carbonyl (C=O) groups excluding carboxylic acids is 3. The maximum Gasteiger partial charge on any atom is 0.279 e. The smallest absolute Gasteiger partial charge is 0.279 e. The monoisotopic (exact) mass is 428 g/mol. The summed E-state index contributed by atoms with van der Waals surface area (Å²) in [6.07, 6.45) is -0.561. The van der Waals surface area contributed by atoms with Crippen molar-refractivity contribution >= 4 is 29.1 Å². The molecule has 0 radical (unpaired) electrons. The van der Waals surface area contributed by atoms with Crippen LogP contribution in [0.1, 0.15) is 37.6 Å². The third-order valence-corrected chi connectivity index (χ3v) is 4.05. The zero-order valence-electron chi connectivity index (χ0n) is 17.4. The zero-order valence-corrected chi connectivity index (χ0v) is 17.4. The number of nitrogens with zero attached hydrogens (tertiary/aromatic N) is 1. The Kier molecular flexibility index (Phi) is 8.07. The van der Waals surface area contributed by atoms with Gasteiger partial charge in [-0.1, -0.05) is 13.8 Å². The summed E-state index contributed by atoms with van der Waals surface area (Å²) in [6.45, 7) is 5.36. The number of nitro groups is 1. The van der Waals surface area contributed by atoms with Crippen LogP contribution in [0.4, 0.5) is 11.4 Å². The first-order chi connectivity index (χ1) is 14.7. The van der Waals surface area contributed by atoms with Crippen molar-refractivity contribution in [1.82, 2.24) is 10.9 Å². The van der Waals surface area contributed by atoms with E-state index in [1.807, 2.05) is 13.8 Å². The minimum absolute atomic E-state index is 0.0952. The molecule has 0 fully saturated rings. The average Bonchev–Trinajstić information content (AvgIpc) is 2.72. The second kappa shape index (κ2) is 10.7. The van der Waals surface area contributed by atoms with Crippen LogP contribution in [0.3, 0.4) is 0 Å². The largest absolute Gasteiger partial charge is 0.481 e. The first-order valence-electron chi connectivity index (χ1n) is 9.57. The highest BCUT2D eigenvalue weighted by molar-refractivity contribution is 5.97. The van der Waals surface area contributed by atoms with Crippen molar-refractivity contribution < 1.29 is 24.0 Å². The van der Waals surface area contributed by atoms with Gasteiger partial charge in [-0.3, -0.25) is 35.3 Å². The second-order valence-electron chi connectivity index (χ2n) is 7.18. The van der Waals surface area contributed by atoms with Crippen LogP contribution >= 0.6 is 0 Å². The molecular formula is C21H24N4O6.